The number of carbonyl (C=O) groups is 2. The van der Waals surface area contributed by atoms with Crippen molar-refractivity contribution in [3.63, 3.8) is 0 Å². The molecule has 0 saturated heterocycles. The smallest absolute Gasteiger partial charge is 0.253 e. The Kier molecular flexibility index (Phi) is 7.46. The highest BCUT2D eigenvalue weighted by Crippen LogP contribution is 2.33. The van der Waals surface area contributed by atoms with Crippen LogP contribution in [0.4, 0.5) is 0 Å². The number of ketones is 2. The Balaban J connectivity index is 0.000000180. The van der Waals surface area contributed by atoms with Crippen molar-refractivity contribution in [2.75, 3.05) is 0 Å². The van der Waals surface area contributed by atoms with E-state index in [0.29, 0.717) is 41.3 Å². The summed E-state index contributed by atoms with van der Waals surface area (Å²) in [6, 6.07) is 9.76. The van der Waals surface area contributed by atoms with Gasteiger partial charge in [-0.2, -0.15) is 0 Å². The fraction of sp³-hybridized carbons (Fsp3) is 0.296. The van der Waals surface area contributed by atoms with Crippen LogP contribution in [-0.4, -0.2) is 16.1 Å². The molecule has 0 unspecified atom stereocenters. The number of carbonyl (C=O) groups excluding carboxylic acids is 2. The second kappa shape index (κ2) is 10.2. The Labute approximate surface area is 217 Å². The van der Waals surface area contributed by atoms with Crippen LogP contribution >= 0.6 is 39.1 Å². The average molecular weight is 561 g/mol. The topological polar surface area (TPSA) is 56.1 Å². The van der Waals surface area contributed by atoms with Gasteiger partial charge < -0.3 is 4.57 Å². The maximum absolute atomic E-state index is 11.8. The van der Waals surface area contributed by atoms with E-state index in [1.807, 2.05) is 37.4 Å². The molecule has 34 heavy (non-hydrogen) atoms. The number of rotatable bonds is 1. The van der Waals surface area contributed by atoms with Crippen molar-refractivity contribution in [2.45, 2.75) is 45.4 Å². The summed E-state index contributed by atoms with van der Waals surface area (Å²) >= 11 is 15.8. The molecular weight excluding hydrogens is 537 g/mol. The highest BCUT2D eigenvalue weighted by atomic mass is 79.9. The van der Waals surface area contributed by atoms with Crippen molar-refractivity contribution in [2.24, 2.45) is 7.05 Å². The molecule has 0 bridgehead atoms. The van der Waals surface area contributed by atoms with Crippen LogP contribution in [0.2, 0.25) is 10.0 Å². The standard InChI is InChI=1S/C17H16ClNO2.C10H8BrClO/c1-10-5-13(9-19(2)17(10)21)12-6-11-3-4-14(20)8-15(11)16(18)7-12;11-7-3-6-1-2-8(13)5-9(6)10(12)4-7/h5-7,9H,3-4,8H2,1-2H3;3-4H,1-2,5H2. The van der Waals surface area contributed by atoms with Gasteiger partial charge in [0.1, 0.15) is 11.6 Å². The van der Waals surface area contributed by atoms with Gasteiger partial charge in [-0.1, -0.05) is 45.2 Å². The first kappa shape index (κ1) is 24.9. The van der Waals surface area contributed by atoms with E-state index in [9.17, 15) is 14.4 Å². The minimum absolute atomic E-state index is 0.00778. The molecule has 0 spiro atoms. The molecular formula is C27H24BrCl2NO3. The van der Waals surface area contributed by atoms with Gasteiger partial charge in [0.25, 0.3) is 5.56 Å². The van der Waals surface area contributed by atoms with Gasteiger partial charge in [-0.3, -0.25) is 14.4 Å². The van der Waals surface area contributed by atoms with E-state index in [2.05, 4.69) is 22.0 Å². The first-order valence-electron chi connectivity index (χ1n) is 11.1. The summed E-state index contributed by atoms with van der Waals surface area (Å²) in [4.78, 5) is 34.5. The number of nitrogens with zero attached hydrogens (tertiary/aromatic N) is 1. The summed E-state index contributed by atoms with van der Waals surface area (Å²) in [6.45, 7) is 1.81. The number of aryl methyl sites for hydroxylation is 4. The summed E-state index contributed by atoms with van der Waals surface area (Å²) < 4.78 is 2.58. The van der Waals surface area contributed by atoms with Crippen LogP contribution in [0.25, 0.3) is 11.1 Å². The molecule has 4 nitrogen and oxygen atoms in total. The van der Waals surface area contributed by atoms with Gasteiger partial charge in [0, 0.05) is 59.0 Å². The number of hydrogen-bond acceptors (Lipinski definition) is 3. The molecule has 7 heteroatoms. The molecule has 0 fully saturated rings. The molecule has 2 aliphatic carbocycles. The largest absolute Gasteiger partial charge is 0.318 e. The third-order valence-corrected chi connectivity index (χ3v) is 7.46. The minimum atomic E-state index is 0.00778. The third-order valence-electron chi connectivity index (χ3n) is 6.33. The molecule has 0 radical (unpaired) electrons. The molecule has 0 saturated carbocycles. The van der Waals surface area contributed by atoms with Gasteiger partial charge >= 0.3 is 0 Å². The highest BCUT2D eigenvalue weighted by Gasteiger charge is 2.20. The van der Waals surface area contributed by atoms with Crippen molar-refractivity contribution in [3.05, 3.63) is 89.2 Å². The van der Waals surface area contributed by atoms with E-state index in [1.54, 1.807) is 11.6 Å². The van der Waals surface area contributed by atoms with E-state index in [4.69, 9.17) is 23.2 Å². The lowest BCUT2D eigenvalue weighted by molar-refractivity contribution is -0.119. The summed E-state index contributed by atoms with van der Waals surface area (Å²) in [5.41, 5.74) is 7.00. The van der Waals surface area contributed by atoms with Gasteiger partial charge in [-0.15, -0.1) is 0 Å². The minimum Gasteiger partial charge on any atom is -0.318 e. The van der Waals surface area contributed by atoms with Crippen LogP contribution in [-0.2, 0) is 42.3 Å². The Morgan fingerprint density at radius 1 is 0.765 bits per heavy atom. The molecule has 0 atom stereocenters. The van der Waals surface area contributed by atoms with Crippen molar-refractivity contribution in [3.8, 4) is 11.1 Å². The fourth-order valence-corrected chi connectivity index (χ4v) is 5.76. The summed E-state index contributed by atoms with van der Waals surface area (Å²) in [5, 5.41) is 1.35. The van der Waals surface area contributed by atoms with E-state index < -0.39 is 0 Å². The highest BCUT2D eigenvalue weighted by molar-refractivity contribution is 9.10. The molecule has 0 aliphatic heterocycles. The monoisotopic (exact) mass is 559 g/mol. The van der Waals surface area contributed by atoms with E-state index in [0.717, 1.165) is 45.1 Å². The number of benzene rings is 2. The second-order valence-electron chi connectivity index (χ2n) is 8.88. The summed E-state index contributed by atoms with van der Waals surface area (Å²) in [5.74, 6) is 0.534. The Morgan fingerprint density at radius 3 is 1.91 bits per heavy atom. The Hall–Kier alpha value is -2.21. The summed E-state index contributed by atoms with van der Waals surface area (Å²) in [6.07, 6.45) is 5.56. The lowest BCUT2D eigenvalue weighted by Crippen LogP contribution is -2.18. The molecule has 0 N–H and O–H groups in total. The number of pyridine rings is 1. The number of halogens is 3. The third kappa shape index (κ3) is 5.37. The average Bonchev–Trinajstić information content (AvgIpc) is 2.78. The lowest BCUT2D eigenvalue weighted by Gasteiger charge is -2.18. The number of fused-ring (bicyclic) bond motifs is 2. The maximum Gasteiger partial charge on any atom is 0.253 e. The van der Waals surface area contributed by atoms with E-state index in [-0.39, 0.29) is 17.1 Å². The van der Waals surface area contributed by atoms with Crippen molar-refractivity contribution >= 4 is 50.7 Å². The molecule has 0 amide bonds. The molecule has 3 aromatic rings. The van der Waals surface area contributed by atoms with Crippen LogP contribution < -0.4 is 5.56 Å². The molecule has 2 aliphatic rings. The van der Waals surface area contributed by atoms with Crippen molar-refractivity contribution in [1.29, 1.82) is 0 Å². The first-order valence-corrected chi connectivity index (χ1v) is 12.7. The molecule has 5 rings (SSSR count). The quantitative estimate of drug-likeness (QED) is 0.354. The van der Waals surface area contributed by atoms with Crippen LogP contribution in [0.1, 0.15) is 40.7 Å². The van der Waals surface area contributed by atoms with Crippen LogP contribution in [0, 0.1) is 6.92 Å². The lowest BCUT2D eigenvalue weighted by atomic mass is 9.88. The SMILES string of the molecule is Cc1cc(-c2cc(Cl)c3c(c2)CCC(=O)C3)cn(C)c1=O.O=C1CCc2cc(Br)cc(Cl)c2C1. The van der Waals surface area contributed by atoms with Gasteiger partial charge in [0.2, 0.25) is 0 Å². The van der Waals surface area contributed by atoms with Crippen molar-refractivity contribution < 1.29 is 9.59 Å². The molecule has 1 heterocycles. The second-order valence-corrected chi connectivity index (χ2v) is 10.6. The van der Waals surface area contributed by atoms with Gasteiger partial charge in [-0.25, -0.2) is 0 Å². The normalized spacial score (nSPS) is 14.7. The van der Waals surface area contributed by atoms with Crippen LogP contribution in [0.15, 0.2) is 45.8 Å². The van der Waals surface area contributed by atoms with Gasteiger partial charge in [0.15, 0.2) is 0 Å². The van der Waals surface area contributed by atoms with Crippen LogP contribution in [0.3, 0.4) is 0 Å². The maximum atomic E-state index is 11.8. The predicted molar refractivity (Wildman–Crippen MR) is 140 cm³/mol. The van der Waals surface area contributed by atoms with E-state index in [1.165, 1.54) is 5.56 Å². The van der Waals surface area contributed by atoms with Crippen molar-refractivity contribution in [1.82, 2.24) is 4.57 Å². The Morgan fingerprint density at radius 2 is 1.32 bits per heavy atom. The number of aromatic nitrogens is 1. The van der Waals surface area contributed by atoms with E-state index >= 15 is 0 Å². The van der Waals surface area contributed by atoms with Crippen LogP contribution in [0.5, 0.6) is 0 Å². The number of Topliss-reactive ketones (excluding diaryl/α,β-unsaturated/α-hetero) is 2. The molecule has 2 aromatic carbocycles. The fourth-order valence-electron chi connectivity index (χ4n) is 4.51. The molecule has 1 aromatic heterocycles. The zero-order valence-electron chi connectivity index (χ0n) is 19.0. The predicted octanol–water partition coefficient (Wildman–Crippen LogP) is 6.23. The summed E-state index contributed by atoms with van der Waals surface area (Å²) in [7, 11) is 1.75. The zero-order chi connectivity index (χ0) is 24.6. The van der Waals surface area contributed by atoms with Gasteiger partial charge in [-0.05, 0) is 77.4 Å². The van der Waals surface area contributed by atoms with Gasteiger partial charge in [0.05, 0.1) is 0 Å². The first-order chi connectivity index (χ1) is 16.1. The Bertz CT molecular complexity index is 1350. The number of hydrogen-bond donors (Lipinski definition) is 0. The molecule has 176 valence electrons. The zero-order valence-corrected chi connectivity index (χ0v) is 22.1.